The molecule has 0 spiro atoms. The highest BCUT2D eigenvalue weighted by atomic mass is 16.5. The van der Waals surface area contributed by atoms with Gasteiger partial charge in [-0.25, -0.2) is 0 Å². The molecule has 0 N–H and O–H groups in total. The van der Waals surface area contributed by atoms with E-state index in [1.807, 2.05) is 36.7 Å². The molecule has 0 fully saturated rings. The van der Waals surface area contributed by atoms with Crippen molar-refractivity contribution in [3.05, 3.63) is 42.4 Å². The largest absolute Gasteiger partial charge is 0.491 e. The van der Waals surface area contributed by atoms with Gasteiger partial charge in [-0.05, 0) is 50.5 Å². The second kappa shape index (κ2) is 14.1. The third kappa shape index (κ3) is 9.40. The maximum Gasteiger partial charge on any atom is 0.119 e. The Morgan fingerprint density at radius 1 is 0.828 bits per heavy atom. The molecule has 0 saturated carbocycles. The van der Waals surface area contributed by atoms with Gasteiger partial charge in [-0.3, -0.25) is 9.97 Å². The number of hydrogen-bond donors (Lipinski definition) is 0. The van der Waals surface area contributed by atoms with Gasteiger partial charge in [-0.1, -0.05) is 52.4 Å². The minimum atomic E-state index is 0.104. The topological polar surface area (TPSA) is 44.2 Å². The van der Waals surface area contributed by atoms with E-state index in [1.54, 1.807) is 0 Å². The molecule has 4 heteroatoms. The number of benzene rings is 1. The molecule has 1 atom stereocenters. The number of hydrogen-bond acceptors (Lipinski definition) is 4. The van der Waals surface area contributed by atoms with Crippen molar-refractivity contribution in [3.63, 3.8) is 0 Å². The predicted octanol–water partition coefficient (Wildman–Crippen LogP) is 6.63. The van der Waals surface area contributed by atoms with Gasteiger partial charge in [0.25, 0.3) is 0 Å². The smallest absolute Gasteiger partial charge is 0.119 e. The lowest BCUT2D eigenvalue weighted by Gasteiger charge is -2.14. The molecule has 160 valence electrons. The van der Waals surface area contributed by atoms with Gasteiger partial charge in [0.2, 0.25) is 0 Å². The highest BCUT2D eigenvalue weighted by molar-refractivity contribution is 5.58. The van der Waals surface area contributed by atoms with Crippen LogP contribution in [0.2, 0.25) is 0 Å². The zero-order valence-electron chi connectivity index (χ0n) is 18.5. The molecule has 0 aliphatic rings. The van der Waals surface area contributed by atoms with Gasteiger partial charge in [0, 0.05) is 18.4 Å². The van der Waals surface area contributed by atoms with Crippen LogP contribution in [0.25, 0.3) is 11.3 Å². The molecule has 0 saturated heterocycles. The summed E-state index contributed by atoms with van der Waals surface area (Å²) in [5.74, 6) is 0.856. The van der Waals surface area contributed by atoms with Gasteiger partial charge in [0.05, 0.1) is 23.7 Å². The molecule has 1 aromatic carbocycles. The van der Waals surface area contributed by atoms with E-state index in [2.05, 4.69) is 30.7 Å². The first kappa shape index (κ1) is 23.3. The van der Waals surface area contributed by atoms with Crippen LogP contribution in [0.3, 0.4) is 0 Å². The maximum absolute atomic E-state index is 5.85. The van der Waals surface area contributed by atoms with Crippen molar-refractivity contribution >= 4 is 0 Å². The Kier molecular flexibility index (Phi) is 11.4. The lowest BCUT2D eigenvalue weighted by Crippen LogP contribution is -2.18. The van der Waals surface area contributed by atoms with E-state index >= 15 is 0 Å². The molecule has 0 amide bonds. The molecular weight excluding hydrogens is 360 g/mol. The standard InChI is InChI=1S/C25H38N2O2/c1-4-6-8-9-10-12-23-18-27-25(19-26-23)22-13-15-24(16-14-22)29-20-21(3)28-17-11-7-5-2/h13-16,18-19,21H,4-12,17,20H2,1-3H3. The quantitative estimate of drug-likeness (QED) is 0.316. The van der Waals surface area contributed by atoms with E-state index < -0.39 is 0 Å². The second-order valence-electron chi connectivity index (χ2n) is 7.78. The van der Waals surface area contributed by atoms with Crippen LogP contribution in [0.1, 0.15) is 77.8 Å². The van der Waals surface area contributed by atoms with Gasteiger partial charge in [-0.15, -0.1) is 0 Å². The van der Waals surface area contributed by atoms with Crippen LogP contribution in [0, 0.1) is 0 Å². The minimum Gasteiger partial charge on any atom is -0.491 e. The van der Waals surface area contributed by atoms with Crippen LogP contribution in [0.15, 0.2) is 36.7 Å². The Balaban J connectivity index is 1.74. The van der Waals surface area contributed by atoms with Crippen LogP contribution in [0.5, 0.6) is 5.75 Å². The van der Waals surface area contributed by atoms with Crippen molar-refractivity contribution in [2.75, 3.05) is 13.2 Å². The Morgan fingerprint density at radius 2 is 1.55 bits per heavy atom. The number of unbranched alkanes of at least 4 members (excludes halogenated alkanes) is 6. The number of aromatic nitrogens is 2. The third-order valence-corrected chi connectivity index (χ3v) is 5.03. The first-order chi connectivity index (χ1) is 14.2. The van der Waals surface area contributed by atoms with Crippen LogP contribution < -0.4 is 4.74 Å². The lowest BCUT2D eigenvalue weighted by atomic mass is 10.1. The van der Waals surface area contributed by atoms with Gasteiger partial charge >= 0.3 is 0 Å². The van der Waals surface area contributed by atoms with Crippen molar-refractivity contribution in [2.24, 2.45) is 0 Å². The van der Waals surface area contributed by atoms with Gasteiger partial charge in [-0.2, -0.15) is 0 Å². The summed E-state index contributed by atoms with van der Waals surface area (Å²) in [6, 6.07) is 8.05. The summed E-state index contributed by atoms with van der Waals surface area (Å²) >= 11 is 0. The van der Waals surface area contributed by atoms with E-state index in [-0.39, 0.29) is 6.10 Å². The van der Waals surface area contributed by atoms with Crippen molar-refractivity contribution in [1.82, 2.24) is 9.97 Å². The van der Waals surface area contributed by atoms with Crippen LogP contribution >= 0.6 is 0 Å². The normalized spacial score (nSPS) is 12.1. The van der Waals surface area contributed by atoms with Crippen molar-refractivity contribution < 1.29 is 9.47 Å². The van der Waals surface area contributed by atoms with Crippen LogP contribution in [0.4, 0.5) is 0 Å². The summed E-state index contributed by atoms with van der Waals surface area (Å²) in [5, 5.41) is 0. The average molecular weight is 399 g/mol. The Bertz CT molecular complexity index is 656. The Labute approximate surface area is 177 Å². The maximum atomic E-state index is 5.85. The number of rotatable bonds is 15. The lowest BCUT2D eigenvalue weighted by molar-refractivity contribution is 0.0304. The van der Waals surface area contributed by atoms with Crippen molar-refractivity contribution in [1.29, 1.82) is 0 Å². The third-order valence-electron chi connectivity index (χ3n) is 5.03. The molecule has 0 aliphatic heterocycles. The molecule has 0 radical (unpaired) electrons. The fourth-order valence-corrected chi connectivity index (χ4v) is 3.16. The zero-order valence-corrected chi connectivity index (χ0v) is 18.5. The predicted molar refractivity (Wildman–Crippen MR) is 120 cm³/mol. The summed E-state index contributed by atoms with van der Waals surface area (Å²) in [6.07, 6.45) is 14.9. The summed E-state index contributed by atoms with van der Waals surface area (Å²) in [4.78, 5) is 9.18. The van der Waals surface area contributed by atoms with Gasteiger partial charge in [0.15, 0.2) is 0 Å². The van der Waals surface area contributed by atoms with Gasteiger partial charge < -0.3 is 9.47 Å². The highest BCUT2D eigenvalue weighted by Crippen LogP contribution is 2.20. The molecule has 2 rings (SSSR count). The molecule has 1 heterocycles. The fraction of sp³-hybridized carbons (Fsp3) is 0.600. The molecular formula is C25H38N2O2. The Hall–Kier alpha value is -1.94. The first-order valence-electron chi connectivity index (χ1n) is 11.4. The summed E-state index contributed by atoms with van der Waals surface area (Å²) in [6.45, 7) is 7.88. The summed E-state index contributed by atoms with van der Waals surface area (Å²) < 4.78 is 11.6. The molecule has 0 bridgehead atoms. The van der Waals surface area contributed by atoms with E-state index in [0.29, 0.717) is 6.61 Å². The fourth-order valence-electron chi connectivity index (χ4n) is 3.16. The number of aryl methyl sites for hydroxylation is 1. The molecule has 29 heavy (non-hydrogen) atoms. The van der Waals surface area contributed by atoms with Crippen LogP contribution in [-0.4, -0.2) is 29.3 Å². The molecule has 0 aliphatic carbocycles. The van der Waals surface area contributed by atoms with Crippen molar-refractivity contribution in [3.8, 4) is 17.0 Å². The molecule has 1 aromatic heterocycles. The monoisotopic (exact) mass is 398 g/mol. The first-order valence-corrected chi connectivity index (χ1v) is 11.4. The molecule has 2 aromatic rings. The second-order valence-corrected chi connectivity index (χ2v) is 7.78. The van der Waals surface area contributed by atoms with Gasteiger partial charge in [0.1, 0.15) is 12.4 Å². The van der Waals surface area contributed by atoms with Crippen molar-refractivity contribution in [2.45, 2.75) is 84.7 Å². The molecule has 4 nitrogen and oxygen atoms in total. The van der Waals surface area contributed by atoms with E-state index in [1.165, 1.54) is 44.9 Å². The zero-order chi connectivity index (χ0) is 20.7. The van der Waals surface area contributed by atoms with E-state index in [9.17, 15) is 0 Å². The SMILES string of the molecule is CCCCCCCc1cnc(-c2ccc(OCC(C)OCCCCC)cc2)cn1. The summed E-state index contributed by atoms with van der Waals surface area (Å²) in [7, 11) is 0. The van der Waals surface area contributed by atoms with E-state index in [4.69, 9.17) is 9.47 Å². The highest BCUT2D eigenvalue weighted by Gasteiger charge is 2.05. The molecule has 1 unspecified atom stereocenters. The average Bonchev–Trinajstić information content (AvgIpc) is 2.76. The number of nitrogens with zero attached hydrogens (tertiary/aromatic N) is 2. The van der Waals surface area contributed by atoms with Crippen LogP contribution in [-0.2, 0) is 11.2 Å². The minimum absolute atomic E-state index is 0.104. The number of ether oxygens (including phenoxy) is 2. The van der Waals surface area contributed by atoms with E-state index in [0.717, 1.165) is 42.1 Å². The summed E-state index contributed by atoms with van der Waals surface area (Å²) in [5.41, 5.74) is 3.04. The Morgan fingerprint density at radius 3 is 2.24 bits per heavy atom.